The zero-order valence-corrected chi connectivity index (χ0v) is 13.9. The van der Waals surface area contributed by atoms with E-state index in [0.29, 0.717) is 6.54 Å². The first kappa shape index (κ1) is 16.2. The maximum atomic E-state index is 11.9. The third-order valence-corrected chi connectivity index (χ3v) is 4.91. The average molecular weight is 330 g/mol. The monoisotopic (exact) mass is 330 g/mol. The molecule has 0 spiro atoms. The van der Waals surface area contributed by atoms with Crippen LogP contribution < -0.4 is 5.32 Å². The third-order valence-electron chi connectivity index (χ3n) is 4.22. The molecular formula is C18H22N2O2S. The lowest BCUT2D eigenvalue weighted by Crippen LogP contribution is -2.35. The molecule has 2 aromatic rings. The number of amides is 1. The van der Waals surface area contributed by atoms with Crippen molar-refractivity contribution in [1.82, 2.24) is 10.2 Å². The molecule has 2 heterocycles. The smallest absolute Gasteiger partial charge is 0.252 e. The van der Waals surface area contributed by atoms with E-state index >= 15 is 0 Å². The lowest BCUT2D eigenvalue weighted by molar-refractivity contribution is 0.0792. The Balaban J connectivity index is 1.48. The van der Waals surface area contributed by atoms with E-state index in [1.807, 2.05) is 16.8 Å². The Kier molecular flexibility index (Phi) is 5.43. The minimum absolute atomic E-state index is 0.0257. The number of rotatable bonds is 5. The molecule has 0 atom stereocenters. The predicted molar refractivity (Wildman–Crippen MR) is 92.4 cm³/mol. The lowest BCUT2D eigenvalue weighted by atomic mass is 10.1. The highest BCUT2D eigenvalue weighted by Crippen LogP contribution is 2.14. The Bertz CT molecular complexity index is 617. The maximum absolute atomic E-state index is 11.9. The van der Waals surface area contributed by atoms with Crippen LogP contribution in [-0.2, 0) is 13.1 Å². The van der Waals surface area contributed by atoms with Gasteiger partial charge in [0.25, 0.3) is 5.91 Å². The van der Waals surface area contributed by atoms with Crippen LogP contribution in [-0.4, -0.2) is 35.1 Å². The largest absolute Gasteiger partial charge is 0.393 e. The molecule has 1 aromatic heterocycles. The van der Waals surface area contributed by atoms with Gasteiger partial charge in [-0.1, -0.05) is 24.3 Å². The van der Waals surface area contributed by atoms with Crippen molar-refractivity contribution >= 4 is 17.2 Å². The van der Waals surface area contributed by atoms with Crippen molar-refractivity contribution in [1.29, 1.82) is 0 Å². The minimum atomic E-state index is -0.125. The fraction of sp³-hybridized carbons (Fsp3) is 0.389. The second kappa shape index (κ2) is 7.73. The van der Waals surface area contributed by atoms with Crippen LogP contribution in [0.4, 0.5) is 0 Å². The Hall–Kier alpha value is -1.69. The summed E-state index contributed by atoms with van der Waals surface area (Å²) >= 11 is 1.53. The van der Waals surface area contributed by atoms with Crippen LogP contribution in [0.3, 0.4) is 0 Å². The molecular weight excluding hydrogens is 308 g/mol. The first-order chi connectivity index (χ1) is 11.2. The van der Waals surface area contributed by atoms with E-state index in [9.17, 15) is 9.90 Å². The van der Waals surface area contributed by atoms with E-state index in [1.54, 1.807) is 0 Å². The number of benzene rings is 1. The zero-order valence-electron chi connectivity index (χ0n) is 13.1. The van der Waals surface area contributed by atoms with Gasteiger partial charge in [0.15, 0.2) is 0 Å². The summed E-state index contributed by atoms with van der Waals surface area (Å²) in [5, 5.41) is 16.2. The fourth-order valence-corrected chi connectivity index (χ4v) is 3.41. The molecule has 3 rings (SSSR count). The van der Waals surface area contributed by atoms with E-state index < -0.39 is 0 Å². The number of carbonyl (C=O) groups excluding carboxylic acids is 1. The standard InChI is InChI=1S/C18H22N2O2S/c21-17-5-8-20(9-6-17)12-15-3-1-14(2-4-15)11-19-18(22)16-7-10-23-13-16/h1-4,7,10,13,17,21H,5-6,8-9,11-12H2,(H,19,22). The molecule has 4 nitrogen and oxygen atoms in total. The zero-order chi connectivity index (χ0) is 16.1. The van der Waals surface area contributed by atoms with Crippen LogP contribution in [0.15, 0.2) is 41.1 Å². The summed E-state index contributed by atoms with van der Waals surface area (Å²) in [7, 11) is 0. The van der Waals surface area contributed by atoms with E-state index in [4.69, 9.17) is 0 Å². The summed E-state index contributed by atoms with van der Waals surface area (Å²) in [4.78, 5) is 14.3. The number of hydrogen-bond donors (Lipinski definition) is 2. The molecule has 23 heavy (non-hydrogen) atoms. The van der Waals surface area contributed by atoms with Crippen LogP contribution >= 0.6 is 11.3 Å². The van der Waals surface area contributed by atoms with Crippen LogP contribution in [0.1, 0.15) is 34.3 Å². The van der Waals surface area contributed by atoms with Gasteiger partial charge in [0.1, 0.15) is 0 Å². The topological polar surface area (TPSA) is 52.6 Å². The van der Waals surface area contributed by atoms with Gasteiger partial charge in [-0.2, -0.15) is 11.3 Å². The molecule has 1 aliphatic rings. The van der Waals surface area contributed by atoms with Crippen LogP contribution in [0.2, 0.25) is 0 Å². The number of likely N-dealkylation sites (tertiary alicyclic amines) is 1. The van der Waals surface area contributed by atoms with E-state index in [-0.39, 0.29) is 12.0 Å². The second-order valence-corrected chi connectivity index (χ2v) is 6.80. The van der Waals surface area contributed by atoms with Gasteiger partial charge in [0, 0.05) is 37.1 Å². The Morgan fingerprint density at radius 2 is 1.87 bits per heavy atom. The quantitative estimate of drug-likeness (QED) is 0.886. The molecule has 0 bridgehead atoms. The van der Waals surface area contributed by atoms with Crippen LogP contribution in [0.25, 0.3) is 0 Å². The molecule has 1 fully saturated rings. The van der Waals surface area contributed by atoms with Crippen LogP contribution in [0, 0.1) is 0 Å². The molecule has 0 saturated carbocycles. The van der Waals surface area contributed by atoms with Gasteiger partial charge in [-0.25, -0.2) is 0 Å². The van der Waals surface area contributed by atoms with Gasteiger partial charge in [-0.15, -0.1) is 0 Å². The second-order valence-electron chi connectivity index (χ2n) is 6.02. The fourth-order valence-electron chi connectivity index (χ4n) is 2.78. The number of nitrogens with zero attached hydrogens (tertiary/aromatic N) is 1. The Morgan fingerprint density at radius 1 is 1.17 bits per heavy atom. The molecule has 122 valence electrons. The molecule has 5 heteroatoms. The minimum Gasteiger partial charge on any atom is -0.393 e. The number of hydrogen-bond acceptors (Lipinski definition) is 4. The van der Waals surface area contributed by atoms with Crippen molar-refractivity contribution < 1.29 is 9.90 Å². The van der Waals surface area contributed by atoms with Crippen molar-refractivity contribution in [3.63, 3.8) is 0 Å². The summed E-state index contributed by atoms with van der Waals surface area (Å²) < 4.78 is 0. The molecule has 1 saturated heterocycles. The Morgan fingerprint density at radius 3 is 2.52 bits per heavy atom. The molecule has 1 amide bonds. The maximum Gasteiger partial charge on any atom is 0.252 e. The van der Waals surface area contributed by atoms with Crippen molar-refractivity contribution in [2.24, 2.45) is 0 Å². The summed E-state index contributed by atoms with van der Waals surface area (Å²) in [6.45, 7) is 3.39. The van der Waals surface area contributed by atoms with Crippen molar-refractivity contribution in [3.05, 3.63) is 57.8 Å². The molecule has 0 radical (unpaired) electrons. The van der Waals surface area contributed by atoms with E-state index in [1.165, 1.54) is 16.9 Å². The highest BCUT2D eigenvalue weighted by atomic mass is 32.1. The number of piperidine rings is 1. The first-order valence-corrected chi connectivity index (χ1v) is 8.93. The molecule has 0 unspecified atom stereocenters. The predicted octanol–water partition coefficient (Wildman–Crippen LogP) is 2.63. The number of aliphatic hydroxyl groups is 1. The number of aliphatic hydroxyl groups excluding tert-OH is 1. The Labute approximate surface area is 140 Å². The lowest BCUT2D eigenvalue weighted by Gasteiger charge is -2.29. The average Bonchev–Trinajstić information content (AvgIpc) is 3.11. The molecule has 0 aliphatic carbocycles. The van der Waals surface area contributed by atoms with Crippen LogP contribution in [0.5, 0.6) is 0 Å². The van der Waals surface area contributed by atoms with Crippen molar-refractivity contribution in [3.8, 4) is 0 Å². The van der Waals surface area contributed by atoms with Gasteiger partial charge >= 0.3 is 0 Å². The van der Waals surface area contributed by atoms with Gasteiger partial charge in [-0.3, -0.25) is 9.69 Å². The van der Waals surface area contributed by atoms with Gasteiger partial charge in [0.2, 0.25) is 0 Å². The van der Waals surface area contributed by atoms with Gasteiger partial charge < -0.3 is 10.4 Å². The molecule has 1 aliphatic heterocycles. The number of thiophene rings is 1. The molecule has 2 N–H and O–H groups in total. The summed E-state index contributed by atoms with van der Waals surface area (Å²) in [5.41, 5.74) is 3.10. The summed E-state index contributed by atoms with van der Waals surface area (Å²) in [5.74, 6) is -0.0257. The highest BCUT2D eigenvalue weighted by Gasteiger charge is 2.16. The number of nitrogens with one attached hydrogen (secondary N) is 1. The highest BCUT2D eigenvalue weighted by molar-refractivity contribution is 7.08. The van der Waals surface area contributed by atoms with E-state index in [0.717, 1.165) is 43.6 Å². The summed E-state index contributed by atoms with van der Waals surface area (Å²) in [6.07, 6.45) is 1.61. The third kappa shape index (κ3) is 4.64. The van der Waals surface area contributed by atoms with Gasteiger partial charge in [0.05, 0.1) is 6.10 Å². The first-order valence-electron chi connectivity index (χ1n) is 7.99. The SMILES string of the molecule is O=C(NCc1ccc(CN2CCC(O)CC2)cc1)c1ccsc1. The van der Waals surface area contributed by atoms with Gasteiger partial charge in [-0.05, 0) is 35.4 Å². The van der Waals surface area contributed by atoms with Crippen molar-refractivity contribution in [2.45, 2.75) is 32.0 Å². The normalized spacial score (nSPS) is 16.4. The molecule has 1 aromatic carbocycles. The van der Waals surface area contributed by atoms with Crippen molar-refractivity contribution in [2.75, 3.05) is 13.1 Å². The summed E-state index contributed by atoms with van der Waals surface area (Å²) in [6, 6.07) is 10.2. The van der Waals surface area contributed by atoms with E-state index in [2.05, 4.69) is 34.5 Å². The number of carbonyl (C=O) groups is 1.